The Bertz CT molecular complexity index is 390. The zero-order valence-corrected chi connectivity index (χ0v) is 9.98. The molecule has 0 aliphatic heterocycles. The number of rotatable bonds is 3. The molecule has 2 aliphatic carbocycles. The molecule has 2 aliphatic rings. The van der Waals surface area contributed by atoms with Crippen LogP contribution in [0, 0.1) is 6.92 Å². The lowest BCUT2D eigenvalue weighted by Gasteiger charge is -2.13. The Morgan fingerprint density at radius 1 is 1.36 bits per heavy atom. The van der Waals surface area contributed by atoms with Gasteiger partial charge in [0.05, 0.1) is 5.01 Å². The molecule has 4 heteroatoms. The maximum Gasteiger partial charge on any atom is 0.139 e. The summed E-state index contributed by atoms with van der Waals surface area (Å²) in [5, 5.41) is 3.09. The predicted molar refractivity (Wildman–Crippen MR) is 60.1 cm³/mol. The molecule has 0 radical (unpaired) electrons. The first-order valence-electron chi connectivity index (χ1n) is 5.23. The van der Waals surface area contributed by atoms with Crippen LogP contribution < -0.4 is 5.44 Å². The van der Waals surface area contributed by atoms with Crippen LogP contribution in [0.1, 0.15) is 30.7 Å². The average molecular weight is 227 g/mol. The fraction of sp³-hybridized carbons (Fsp3) is 0.700. The van der Waals surface area contributed by atoms with Gasteiger partial charge < -0.3 is 4.57 Å². The van der Waals surface area contributed by atoms with Gasteiger partial charge in [0.2, 0.25) is 0 Å². The molecule has 2 saturated carbocycles. The van der Waals surface area contributed by atoms with Crippen molar-refractivity contribution < 1.29 is 4.57 Å². The summed E-state index contributed by atoms with van der Waals surface area (Å²) in [4.78, 5) is 4.46. The van der Waals surface area contributed by atoms with Crippen LogP contribution in [0.3, 0.4) is 0 Å². The van der Waals surface area contributed by atoms with Crippen LogP contribution in [-0.4, -0.2) is 16.3 Å². The SMILES string of the molecule is Cc1nc(P(=O)(C2CC2)C2CC2)cs1. The summed E-state index contributed by atoms with van der Waals surface area (Å²) in [7, 11) is -2.07. The van der Waals surface area contributed by atoms with Gasteiger partial charge in [-0.3, -0.25) is 0 Å². The molecule has 2 nitrogen and oxygen atoms in total. The maximum absolute atomic E-state index is 12.9. The van der Waals surface area contributed by atoms with Crippen LogP contribution in [0.15, 0.2) is 5.38 Å². The van der Waals surface area contributed by atoms with Gasteiger partial charge in [-0.05, 0) is 32.6 Å². The minimum absolute atomic E-state index is 0.497. The quantitative estimate of drug-likeness (QED) is 0.743. The van der Waals surface area contributed by atoms with Crippen LogP contribution in [0.2, 0.25) is 0 Å². The van der Waals surface area contributed by atoms with Crippen molar-refractivity contribution >= 4 is 23.9 Å². The van der Waals surface area contributed by atoms with Gasteiger partial charge in [0.1, 0.15) is 12.6 Å². The first-order chi connectivity index (χ1) is 6.71. The molecule has 0 amide bonds. The lowest BCUT2D eigenvalue weighted by atomic mass is 10.8. The molecule has 14 heavy (non-hydrogen) atoms. The van der Waals surface area contributed by atoms with E-state index in [-0.39, 0.29) is 0 Å². The van der Waals surface area contributed by atoms with Gasteiger partial charge in [0.15, 0.2) is 0 Å². The largest absolute Gasteiger partial charge is 0.316 e. The Morgan fingerprint density at radius 3 is 2.29 bits per heavy atom. The lowest BCUT2D eigenvalue weighted by Crippen LogP contribution is -2.13. The number of hydrogen-bond donors (Lipinski definition) is 0. The highest BCUT2D eigenvalue weighted by molar-refractivity contribution is 7.73. The normalized spacial score (nSPS) is 22.6. The van der Waals surface area contributed by atoms with Gasteiger partial charge in [0.25, 0.3) is 0 Å². The highest BCUT2D eigenvalue weighted by atomic mass is 32.1. The molecular formula is C10H14NOPS. The van der Waals surface area contributed by atoms with Gasteiger partial charge in [-0.1, -0.05) is 0 Å². The highest BCUT2D eigenvalue weighted by Gasteiger charge is 2.52. The Morgan fingerprint density at radius 2 is 1.93 bits per heavy atom. The van der Waals surface area contributed by atoms with Gasteiger partial charge in [0, 0.05) is 16.7 Å². The summed E-state index contributed by atoms with van der Waals surface area (Å²) in [6.45, 7) is 2.00. The Kier molecular flexibility index (Phi) is 1.91. The van der Waals surface area contributed by atoms with E-state index in [9.17, 15) is 4.57 Å². The second-order valence-corrected chi connectivity index (χ2v) is 8.80. The van der Waals surface area contributed by atoms with E-state index in [1.165, 1.54) is 25.7 Å². The van der Waals surface area contributed by atoms with Crippen LogP contribution in [0.5, 0.6) is 0 Å². The smallest absolute Gasteiger partial charge is 0.139 e. The van der Waals surface area contributed by atoms with Crippen LogP contribution >= 0.6 is 18.5 Å². The molecule has 0 atom stereocenters. The minimum Gasteiger partial charge on any atom is -0.316 e. The second kappa shape index (κ2) is 2.93. The first kappa shape index (κ1) is 9.11. The lowest BCUT2D eigenvalue weighted by molar-refractivity contribution is 0.578. The average Bonchev–Trinajstić information content (AvgIpc) is 3.01. The third kappa shape index (κ3) is 1.30. The van der Waals surface area contributed by atoms with E-state index >= 15 is 0 Å². The Balaban J connectivity index is 2.02. The maximum atomic E-state index is 12.9. The van der Waals surface area contributed by atoms with Gasteiger partial charge >= 0.3 is 0 Å². The van der Waals surface area contributed by atoms with Gasteiger partial charge in [-0.15, -0.1) is 11.3 Å². The van der Waals surface area contributed by atoms with Crippen molar-refractivity contribution in [1.82, 2.24) is 4.98 Å². The molecular weight excluding hydrogens is 213 g/mol. The van der Waals surface area contributed by atoms with Gasteiger partial charge in [-0.2, -0.15) is 0 Å². The van der Waals surface area contributed by atoms with Crippen molar-refractivity contribution in [3.05, 3.63) is 10.4 Å². The predicted octanol–water partition coefficient (Wildman–Crippen LogP) is 2.76. The van der Waals surface area contributed by atoms with E-state index in [2.05, 4.69) is 4.98 Å². The standard InChI is InChI=1S/C10H14NOPS/c1-7-11-10(6-14-7)13(12,8-2-3-8)9-4-5-9/h6,8-9H,2-5H2,1H3. The molecule has 0 aromatic carbocycles. The monoisotopic (exact) mass is 227 g/mol. The van der Waals surface area contributed by atoms with Crippen LogP contribution in [0.4, 0.5) is 0 Å². The van der Waals surface area contributed by atoms with Crippen molar-refractivity contribution in [2.75, 3.05) is 0 Å². The third-order valence-corrected chi connectivity index (χ3v) is 8.24. The summed E-state index contributed by atoms with van der Waals surface area (Å²) >= 11 is 1.64. The Labute approximate surface area is 88.1 Å². The van der Waals surface area contributed by atoms with Crippen molar-refractivity contribution in [2.45, 2.75) is 43.9 Å². The van der Waals surface area contributed by atoms with Crippen LogP contribution in [-0.2, 0) is 4.57 Å². The Hall–Kier alpha value is -0.140. The molecule has 0 bridgehead atoms. The van der Waals surface area contributed by atoms with E-state index in [1.807, 2.05) is 12.3 Å². The molecule has 2 fully saturated rings. The summed E-state index contributed by atoms with van der Waals surface area (Å²) in [6, 6.07) is 0. The molecule has 0 N–H and O–H groups in total. The molecule has 1 aromatic heterocycles. The number of nitrogens with zero attached hydrogens (tertiary/aromatic N) is 1. The minimum atomic E-state index is -2.07. The van der Waals surface area contributed by atoms with Crippen molar-refractivity contribution in [3.63, 3.8) is 0 Å². The topological polar surface area (TPSA) is 30.0 Å². The van der Waals surface area contributed by atoms with E-state index in [1.54, 1.807) is 11.3 Å². The van der Waals surface area contributed by atoms with Crippen molar-refractivity contribution in [1.29, 1.82) is 0 Å². The molecule has 0 saturated heterocycles. The van der Waals surface area contributed by atoms with E-state index in [4.69, 9.17) is 0 Å². The summed E-state index contributed by atoms with van der Waals surface area (Å²) in [6.07, 6.45) is 4.68. The van der Waals surface area contributed by atoms with E-state index in [0.717, 1.165) is 10.4 Å². The summed E-state index contributed by atoms with van der Waals surface area (Å²) < 4.78 is 12.9. The fourth-order valence-electron chi connectivity index (χ4n) is 2.10. The number of aryl methyl sites for hydroxylation is 1. The van der Waals surface area contributed by atoms with Crippen molar-refractivity contribution in [3.8, 4) is 0 Å². The van der Waals surface area contributed by atoms with E-state index in [0.29, 0.717) is 11.3 Å². The summed E-state index contributed by atoms with van der Waals surface area (Å²) in [5.41, 5.74) is 1.94. The zero-order chi connectivity index (χ0) is 9.76. The van der Waals surface area contributed by atoms with E-state index < -0.39 is 7.14 Å². The molecule has 0 unspecified atom stereocenters. The second-order valence-electron chi connectivity index (χ2n) is 4.40. The number of hydrogen-bond acceptors (Lipinski definition) is 3. The molecule has 3 rings (SSSR count). The van der Waals surface area contributed by atoms with Crippen LogP contribution in [0.25, 0.3) is 0 Å². The third-order valence-electron chi connectivity index (χ3n) is 3.14. The molecule has 76 valence electrons. The molecule has 1 heterocycles. The first-order valence-corrected chi connectivity index (χ1v) is 7.96. The fourth-order valence-corrected chi connectivity index (χ4v) is 6.95. The van der Waals surface area contributed by atoms with Gasteiger partial charge in [-0.25, -0.2) is 4.98 Å². The molecule has 1 aromatic rings. The zero-order valence-electron chi connectivity index (χ0n) is 8.27. The highest BCUT2D eigenvalue weighted by Crippen LogP contribution is 2.69. The summed E-state index contributed by atoms with van der Waals surface area (Å²) in [5.74, 6) is 0. The number of aromatic nitrogens is 1. The molecule has 0 spiro atoms. The van der Waals surface area contributed by atoms with Crippen molar-refractivity contribution in [2.24, 2.45) is 0 Å². The number of thiazole rings is 1.